The number of nitrogens with zero attached hydrogens (tertiary/aromatic N) is 2. The molecule has 1 aromatic heterocycles. The van der Waals surface area contributed by atoms with Crippen LogP contribution in [0.1, 0.15) is 17.0 Å². The fraction of sp³-hybridized carbons (Fsp3) is 0.353. The van der Waals surface area contributed by atoms with Crippen LogP contribution < -0.4 is 10.1 Å². The van der Waals surface area contributed by atoms with Gasteiger partial charge in [-0.15, -0.1) is 0 Å². The minimum absolute atomic E-state index is 0.0702. The number of rotatable bonds is 7. The first-order valence-corrected chi connectivity index (χ1v) is 8.92. The van der Waals surface area contributed by atoms with Crippen molar-refractivity contribution in [3.8, 4) is 5.75 Å². The van der Waals surface area contributed by atoms with Crippen molar-refractivity contribution >= 4 is 29.3 Å². The molecule has 0 unspecified atom stereocenters. The van der Waals surface area contributed by atoms with Gasteiger partial charge in [-0.3, -0.25) is 4.79 Å². The summed E-state index contributed by atoms with van der Waals surface area (Å²) < 4.78 is 5.51. The number of carbonyl (C=O) groups excluding carboxylic acids is 1. The van der Waals surface area contributed by atoms with E-state index in [0.717, 1.165) is 22.7 Å². The van der Waals surface area contributed by atoms with Crippen molar-refractivity contribution in [3.05, 3.63) is 46.2 Å². The number of hydrogen-bond acceptors (Lipinski definition) is 5. The lowest BCUT2D eigenvalue weighted by atomic mass is 10.2. The number of amides is 1. The molecule has 24 heavy (non-hydrogen) atoms. The predicted molar refractivity (Wildman–Crippen MR) is 96.9 cm³/mol. The standard InChI is InChI=1S/C17H20ClN3O2S/c1-11-12(2)20-17(21-13(11)3)24-10-16(22)19-8-9-23-15-6-4-14(18)5-7-15/h4-7H,8-10H2,1-3H3,(H,19,22). The number of carbonyl (C=O) groups is 1. The van der Waals surface area contributed by atoms with Gasteiger partial charge >= 0.3 is 0 Å². The second-order valence-corrected chi connectivity index (χ2v) is 6.62. The van der Waals surface area contributed by atoms with Crippen molar-refractivity contribution in [2.24, 2.45) is 0 Å². The predicted octanol–water partition coefficient (Wildman–Crippen LogP) is 3.34. The number of aromatic nitrogens is 2. The number of nitrogens with one attached hydrogen (secondary N) is 1. The lowest BCUT2D eigenvalue weighted by Gasteiger charge is -2.08. The molecular weight excluding hydrogens is 346 g/mol. The Hall–Kier alpha value is -1.79. The highest BCUT2D eigenvalue weighted by Crippen LogP contribution is 2.17. The van der Waals surface area contributed by atoms with Gasteiger partial charge in [-0.25, -0.2) is 9.97 Å². The molecule has 0 saturated carbocycles. The van der Waals surface area contributed by atoms with Gasteiger partial charge in [0.05, 0.1) is 12.3 Å². The molecule has 1 aromatic carbocycles. The Bertz CT molecular complexity index is 684. The van der Waals surface area contributed by atoms with E-state index in [9.17, 15) is 4.79 Å². The van der Waals surface area contributed by atoms with Gasteiger partial charge in [0.15, 0.2) is 5.16 Å². The molecule has 2 aromatic rings. The summed E-state index contributed by atoms with van der Waals surface area (Å²) >= 11 is 7.13. The average Bonchev–Trinajstić information content (AvgIpc) is 2.56. The quantitative estimate of drug-likeness (QED) is 0.463. The topological polar surface area (TPSA) is 64.1 Å². The Morgan fingerprint density at radius 3 is 2.42 bits per heavy atom. The summed E-state index contributed by atoms with van der Waals surface area (Å²) in [5, 5.41) is 4.10. The molecule has 0 aliphatic carbocycles. The van der Waals surface area contributed by atoms with Crippen LogP contribution in [-0.4, -0.2) is 34.8 Å². The zero-order chi connectivity index (χ0) is 17.5. The van der Waals surface area contributed by atoms with E-state index in [1.165, 1.54) is 11.8 Å². The molecule has 0 radical (unpaired) electrons. The summed E-state index contributed by atoms with van der Waals surface area (Å²) in [6.45, 7) is 6.73. The maximum Gasteiger partial charge on any atom is 0.230 e. The molecule has 0 bridgehead atoms. The number of aryl methyl sites for hydroxylation is 2. The summed E-state index contributed by atoms with van der Waals surface area (Å²) in [4.78, 5) is 20.6. The van der Waals surface area contributed by atoms with Gasteiger partial charge in [-0.2, -0.15) is 0 Å². The molecule has 7 heteroatoms. The minimum atomic E-state index is -0.0702. The fourth-order valence-corrected chi connectivity index (χ4v) is 2.77. The fourth-order valence-electron chi connectivity index (χ4n) is 1.88. The number of ether oxygens (including phenoxy) is 1. The third-order valence-electron chi connectivity index (χ3n) is 3.45. The molecule has 0 atom stereocenters. The van der Waals surface area contributed by atoms with Crippen LogP contribution in [0.2, 0.25) is 5.02 Å². The first-order valence-electron chi connectivity index (χ1n) is 7.55. The van der Waals surface area contributed by atoms with Crippen molar-refractivity contribution in [1.82, 2.24) is 15.3 Å². The van der Waals surface area contributed by atoms with Gasteiger partial charge in [-0.1, -0.05) is 23.4 Å². The van der Waals surface area contributed by atoms with Crippen molar-refractivity contribution in [2.75, 3.05) is 18.9 Å². The molecule has 1 amide bonds. The Morgan fingerprint density at radius 1 is 1.17 bits per heavy atom. The molecule has 0 aliphatic rings. The highest BCUT2D eigenvalue weighted by atomic mass is 35.5. The zero-order valence-electron chi connectivity index (χ0n) is 13.9. The van der Waals surface area contributed by atoms with E-state index < -0.39 is 0 Å². The SMILES string of the molecule is Cc1nc(SCC(=O)NCCOc2ccc(Cl)cc2)nc(C)c1C. The molecule has 2 rings (SSSR count). The Balaban J connectivity index is 1.69. The van der Waals surface area contributed by atoms with E-state index in [0.29, 0.717) is 23.3 Å². The molecule has 0 aliphatic heterocycles. The first-order chi connectivity index (χ1) is 11.5. The van der Waals surface area contributed by atoms with Gasteiger partial charge in [0.2, 0.25) is 5.91 Å². The molecule has 0 fully saturated rings. The number of benzene rings is 1. The second kappa shape index (κ2) is 8.89. The van der Waals surface area contributed by atoms with Crippen LogP contribution in [0.25, 0.3) is 0 Å². The smallest absolute Gasteiger partial charge is 0.230 e. The third kappa shape index (κ3) is 5.69. The van der Waals surface area contributed by atoms with Crippen molar-refractivity contribution in [3.63, 3.8) is 0 Å². The highest BCUT2D eigenvalue weighted by Gasteiger charge is 2.08. The van der Waals surface area contributed by atoms with Gasteiger partial charge in [0.25, 0.3) is 0 Å². The lowest BCUT2D eigenvalue weighted by Crippen LogP contribution is -2.29. The van der Waals surface area contributed by atoms with E-state index in [-0.39, 0.29) is 11.7 Å². The first kappa shape index (κ1) is 18.5. The number of halogens is 1. The molecule has 128 valence electrons. The summed E-state index contributed by atoms with van der Waals surface area (Å²) in [5.74, 6) is 0.935. The van der Waals surface area contributed by atoms with Crippen LogP contribution in [0.15, 0.2) is 29.4 Å². The van der Waals surface area contributed by atoms with E-state index in [1.807, 2.05) is 20.8 Å². The highest BCUT2D eigenvalue weighted by molar-refractivity contribution is 7.99. The maximum absolute atomic E-state index is 11.8. The van der Waals surface area contributed by atoms with E-state index >= 15 is 0 Å². The Kier molecular flexibility index (Phi) is 6.87. The Labute approximate surface area is 151 Å². The summed E-state index contributed by atoms with van der Waals surface area (Å²) in [5.41, 5.74) is 2.98. The zero-order valence-corrected chi connectivity index (χ0v) is 15.5. The Morgan fingerprint density at radius 2 is 1.79 bits per heavy atom. The van der Waals surface area contributed by atoms with E-state index in [2.05, 4.69) is 15.3 Å². The minimum Gasteiger partial charge on any atom is -0.492 e. The van der Waals surface area contributed by atoms with Gasteiger partial charge < -0.3 is 10.1 Å². The van der Waals surface area contributed by atoms with Gasteiger partial charge in [0.1, 0.15) is 12.4 Å². The third-order valence-corrected chi connectivity index (χ3v) is 4.55. The van der Waals surface area contributed by atoms with Gasteiger partial charge in [-0.05, 0) is 50.6 Å². The van der Waals surface area contributed by atoms with E-state index in [4.69, 9.17) is 16.3 Å². The lowest BCUT2D eigenvalue weighted by molar-refractivity contribution is -0.118. The van der Waals surface area contributed by atoms with Crippen LogP contribution in [0.5, 0.6) is 5.75 Å². The van der Waals surface area contributed by atoms with Crippen LogP contribution in [-0.2, 0) is 4.79 Å². The largest absolute Gasteiger partial charge is 0.492 e. The van der Waals surface area contributed by atoms with Crippen LogP contribution in [0.4, 0.5) is 0 Å². The normalized spacial score (nSPS) is 10.5. The number of thioether (sulfide) groups is 1. The van der Waals surface area contributed by atoms with Crippen LogP contribution in [0, 0.1) is 20.8 Å². The van der Waals surface area contributed by atoms with Crippen molar-refractivity contribution < 1.29 is 9.53 Å². The molecule has 0 saturated heterocycles. The molecule has 1 N–H and O–H groups in total. The summed E-state index contributed by atoms with van der Waals surface area (Å²) in [6, 6.07) is 7.11. The van der Waals surface area contributed by atoms with Crippen LogP contribution in [0.3, 0.4) is 0 Å². The van der Waals surface area contributed by atoms with Crippen LogP contribution >= 0.6 is 23.4 Å². The average molecular weight is 366 g/mol. The van der Waals surface area contributed by atoms with Gasteiger partial charge in [0, 0.05) is 16.4 Å². The molecule has 5 nitrogen and oxygen atoms in total. The summed E-state index contributed by atoms with van der Waals surface area (Å²) in [6.07, 6.45) is 0. The second-order valence-electron chi connectivity index (χ2n) is 5.24. The molecule has 1 heterocycles. The van der Waals surface area contributed by atoms with Crippen molar-refractivity contribution in [2.45, 2.75) is 25.9 Å². The number of hydrogen-bond donors (Lipinski definition) is 1. The molecular formula is C17H20ClN3O2S. The monoisotopic (exact) mass is 365 g/mol. The maximum atomic E-state index is 11.8. The van der Waals surface area contributed by atoms with E-state index in [1.54, 1.807) is 24.3 Å². The molecule has 0 spiro atoms. The summed E-state index contributed by atoms with van der Waals surface area (Å²) in [7, 11) is 0. The van der Waals surface area contributed by atoms with Crippen molar-refractivity contribution in [1.29, 1.82) is 0 Å².